The molecular formula is C22H42O6. The molecule has 0 heterocycles. The normalized spacial score (nSPS) is 14.5. The number of rotatable bonds is 19. The highest BCUT2D eigenvalue weighted by molar-refractivity contribution is 5.86. The smallest absolute Gasteiger partial charge is 0.335 e. The first kappa shape index (κ1) is 27.0. The van der Waals surface area contributed by atoms with Gasteiger partial charge < -0.3 is 20.1 Å². The lowest BCUT2D eigenvalue weighted by molar-refractivity contribution is -0.170. The molecule has 6 nitrogen and oxygen atoms in total. The summed E-state index contributed by atoms with van der Waals surface area (Å²) in [6.45, 7) is 2.78. The fourth-order valence-corrected chi connectivity index (χ4v) is 3.14. The number of aliphatic hydroxyl groups excluding tert-OH is 3. The number of unbranched alkanes of at least 4 members (excludes halogenated alkanes) is 12. The van der Waals surface area contributed by atoms with Crippen molar-refractivity contribution in [2.24, 2.45) is 0 Å². The molecule has 0 aliphatic heterocycles. The van der Waals surface area contributed by atoms with E-state index in [1.165, 1.54) is 64.7 Å². The molecule has 0 aliphatic carbocycles. The van der Waals surface area contributed by atoms with Gasteiger partial charge in [-0.25, -0.2) is 4.79 Å². The van der Waals surface area contributed by atoms with Gasteiger partial charge in [0.15, 0.2) is 11.9 Å². The van der Waals surface area contributed by atoms with Gasteiger partial charge in [-0.2, -0.15) is 0 Å². The topological polar surface area (TPSA) is 104 Å². The molecular weight excluding hydrogens is 360 g/mol. The van der Waals surface area contributed by atoms with E-state index in [9.17, 15) is 19.8 Å². The fraction of sp³-hybridized carbons (Fsp3) is 0.909. The maximum atomic E-state index is 12.2. The predicted octanol–water partition coefficient (Wildman–Crippen LogP) is 3.68. The Balaban J connectivity index is 3.76. The molecule has 3 unspecified atom stereocenters. The van der Waals surface area contributed by atoms with Crippen molar-refractivity contribution in [2.75, 3.05) is 6.61 Å². The van der Waals surface area contributed by atoms with Gasteiger partial charge >= 0.3 is 5.97 Å². The van der Waals surface area contributed by atoms with E-state index < -0.39 is 36.7 Å². The minimum absolute atomic E-state index is 0.187. The minimum atomic E-state index is -1.46. The molecule has 0 rings (SSSR count). The summed E-state index contributed by atoms with van der Waals surface area (Å²) in [7, 11) is 0. The second-order valence-electron chi connectivity index (χ2n) is 7.74. The van der Waals surface area contributed by atoms with Gasteiger partial charge in [0.2, 0.25) is 0 Å². The second kappa shape index (κ2) is 18.1. The molecule has 166 valence electrons. The van der Waals surface area contributed by atoms with Gasteiger partial charge in [-0.3, -0.25) is 4.79 Å². The zero-order chi connectivity index (χ0) is 21.2. The van der Waals surface area contributed by atoms with Crippen molar-refractivity contribution < 1.29 is 29.6 Å². The van der Waals surface area contributed by atoms with Crippen LogP contribution in [-0.2, 0) is 14.3 Å². The summed E-state index contributed by atoms with van der Waals surface area (Å²) >= 11 is 0. The molecule has 0 radical (unpaired) electrons. The Kier molecular flexibility index (Phi) is 17.4. The second-order valence-corrected chi connectivity index (χ2v) is 7.74. The summed E-state index contributed by atoms with van der Waals surface area (Å²) in [5.74, 6) is -1.39. The highest BCUT2D eigenvalue weighted by Crippen LogP contribution is 2.14. The number of hydrogen-bond acceptors (Lipinski definition) is 6. The molecule has 0 saturated carbocycles. The van der Waals surface area contributed by atoms with Gasteiger partial charge in [-0.1, -0.05) is 84.0 Å². The first-order chi connectivity index (χ1) is 13.4. The van der Waals surface area contributed by atoms with Crippen LogP contribution in [0.25, 0.3) is 0 Å². The molecule has 3 N–H and O–H groups in total. The first-order valence-electron chi connectivity index (χ1n) is 11.1. The van der Waals surface area contributed by atoms with Crippen LogP contribution in [0.15, 0.2) is 0 Å². The van der Waals surface area contributed by atoms with Crippen LogP contribution in [0.3, 0.4) is 0 Å². The molecule has 0 aromatic heterocycles. The zero-order valence-corrected chi connectivity index (χ0v) is 17.9. The van der Waals surface area contributed by atoms with E-state index in [1.807, 2.05) is 0 Å². The molecule has 0 aromatic carbocycles. The number of carbonyl (C=O) groups excluding carboxylic acids is 2. The predicted molar refractivity (Wildman–Crippen MR) is 110 cm³/mol. The van der Waals surface area contributed by atoms with Gasteiger partial charge in [-0.15, -0.1) is 0 Å². The average molecular weight is 403 g/mol. The number of Topliss-reactive ketones (excluding diaryl/α,β-unsaturated/α-hetero) is 1. The average Bonchev–Trinajstić information content (AvgIpc) is 2.68. The van der Waals surface area contributed by atoms with Crippen molar-refractivity contribution >= 4 is 11.8 Å². The van der Waals surface area contributed by atoms with E-state index >= 15 is 0 Å². The van der Waals surface area contributed by atoms with Gasteiger partial charge in [0.25, 0.3) is 0 Å². The van der Waals surface area contributed by atoms with Crippen molar-refractivity contribution in [3.63, 3.8) is 0 Å². The number of ketones is 1. The molecule has 0 aromatic rings. The highest BCUT2D eigenvalue weighted by Gasteiger charge is 2.30. The summed E-state index contributed by atoms with van der Waals surface area (Å²) in [6, 6.07) is 0. The fourth-order valence-electron chi connectivity index (χ4n) is 3.14. The zero-order valence-electron chi connectivity index (χ0n) is 17.9. The Hall–Kier alpha value is -0.980. The molecule has 3 atom stereocenters. The standard InChI is InChI=1S/C22H42O6/c1-3-4-5-6-7-8-9-10-11-12-13-14-15-16-19(25)21(20(26)17-23)28-22(27)18(2)24/h18,20-21,23-24,26H,3-17H2,1-2H3. The van der Waals surface area contributed by atoms with Crippen LogP contribution in [0.4, 0.5) is 0 Å². The highest BCUT2D eigenvalue weighted by atomic mass is 16.6. The number of ether oxygens (including phenoxy) is 1. The Labute approximate surface area is 170 Å². The molecule has 0 amide bonds. The van der Waals surface area contributed by atoms with E-state index in [0.29, 0.717) is 6.42 Å². The third-order valence-corrected chi connectivity index (χ3v) is 4.96. The molecule has 28 heavy (non-hydrogen) atoms. The Bertz CT molecular complexity index is 396. The minimum Gasteiger partial charge on any atom is -0.450 e. The van der Waals surface area contributed by atoms with Crippen LogP contribution < -0.4 is 0 Å². The summed E-state index contributed by atoms with van der Waals surface area (Å²) < 4.78 is 4.84. The van der Waals surface area contributed by atoms with Crippen LogP contribution in [-0.4, -0.2) is 52.0 Å². The van der Waals surface area contributed by atoms with Gasteiger partial charge in [0.1, 0.15) is 12.2 Å². The van der Waals surface area contributed by atoms with E-state index in [0.717, 1.165) is 19.3 Å². The number of aliphatic hydroxyl groups is 3. The number of carbonyl (C=O) groups is 2. The van der Waals surface area contributed by atoms with E-state index in [2.05, 4.69) is 6.92 Å². The Morgan fingerprint density at radius 1 is 0.786 bits per heavy atom. The van der Waals surface area contributed by atoms with E-state index in [4.69, 9.17) is 9.84 Å². The van der Waals surface area contributed by atoms with Crippen molar-refractivity contribution in [3.05, 3.63) is 0 Å². The molecule has 0 spiro atoms. The van der Waals surface area contributed by atoms with Gasteiger partial charge in [-0.05, 0) is 13.3 Å². The maximum Gasteiger partial charge on any atom is 0.335 e. The first-order valence-corrected chi connectivity index (χ1v) is 11.1. The third-order valence-electron chi connectivity index (χ3n) is 4.96. The van der Waals surface area contributed by atoms with Crippen molar-refractivity contribution in [3.8, 4) is 0 Å². The van der Waals surface area contributed by atoms with Gasteiger partial charge in [0.05, 0.1) is 6.61 Å². The van der Waals surface area contributed by atoms with Crippen LogP contribution in [0.5, 0.6) is 0 Å². The van der Waals surface area contributed by atoms with Crippen LogP contribution in [0.2, 0.25) is 0 Å². The molecule has 0 aliphatic rings. The lowest BCUT2D eigenvalue weighted by Crippen LogP contribution is -2.42. The Morgan fingerprint density at radius 3 is 1.61 bits per heavy atom. The molecule has 0 bridgehead atoms. The molecule has 6 heteroatoms. The number of esters is 1. The monoisotopic (exact) mass is 402 g/mol. The lowest BCUT2D eigenvalue weighted by Gasteiger charge is -2.21. The van der Waals surface area contributed by atoms with E-state index in [-0.39, 0.29) is 6.42 Å². The number of hydrogen-bond donors (Lipinski definition) is 3. The quantitative estimate of drug-likeness (QED) is 0.225. The summed E-state index contributed by atoms with van der Waals surface area (Å²) in [5, 5.41) is 27.9. The van der Waals surface area contributed by atoms with Crippen molar-refractivity contribution in [1.29, 1.82) is 0 Å². The van der Waals surface area contributed by atoms with Crippen molar-refractivity contribution in [1.82, 2.24) is 0 Å². The summed E-state index contributed by atoms with van der Waals surface area (Å²) in [5.41, 5.74) is 0. The largest absolute Gasteiger partial charge is 0.450 e. The maximum absolute atomic E-state index is 12.2. The van der Waals surface area contributed by atoms with Crippen LogP contribution in [0, 0.1) is 0 Å². The molecule has 0 fully saturated rings. The third kappa shape index (κ3) is 14.1. The van der Waals surface area contributed by atoms with Crippen LogP contribution >= 0.6 is 0 Å². The van der Waals surface area contributed by atoms with Crippen LogP contribution in [0.1, 0.15) is 104 Å². The molecule has 0 saturated heterocycles. The summed E-state index contributed by atoms with van der Waals surface area (Å²) in [4.78, 5) is 23.6. The Morgan fingerprint density at radius 2 is 1.21 bits per heavy atom. The SMILES string of the molecule is CCCCCCCCCCCCCCCC(=O)C(OC(=O)C(C)O)C(O)CO. The van der Waals surface area contributed by atoms with Crippen molar-refractivity contribution in [2.45, 2.75) is 122 Å². The van der Waals surface area contributed by atoms with Gasteiger partial charge in [0, 0.05) is 6.42 Å². The summed E-state index contributed by atoms with van der Waals surface area (Å²) in [6.07, 6.45) is 11.6. The lowest BCUT2D eigenvalue weighted by atomic mass is 10.0. The van der Waals surface area contributed by atoms with E-state index in [1.54, 1.807) is 0 Å².